The highest BCUT2D eigenvalue weighted by molar-refractivity contribution is 8.15. The summed E-state index contributed by atoms with van der Waals surface area (Å²) in [6.45, 7) is 11.9. The molecule has 0 aromatic rings. The first-order chi connectivity index (χ1) is 14.9. The Hall–Kier alpha value is -0.590. The lowest BCUT2D eigenvalue weighted by Crippen LogP contribution is -2.46. The summed E-state index contributed by atoms with van der Waals surface area (Å²) >= 11 is -3.90. The Labute approximate surface area is 197 Å². The van der Waals surface area contributed by atoms with Gasteiger partial charge in [-0.15, -0.1) is 0 Å². The summed E-state index contributed by atoms with van der Waals surface area (Å²) in [6.07, 6.45) is 17.0. The van der Waals surface area contributed by atoms with Crippen molar-refractivity contribution in [1.82, 2.24) is 0 Å². The molecular formula is C27H44O4S. The fourth-order valence-electron chi connectivity index (χ4n) is 8.05. The van der Waals surface area contributed by atoms with Gasteiger partial charge >= 0.3 is 0 Å². The fourth-order valence-corrected chi connectivity index (χ4v) is 8.57. The van der Waals surface area contributed by atoms with Crippen molar-refractivity contribution >= 4 is 11.2 Å². The Morgan fingerprint density at radius 3 is 2.53 bits per heavy atom. The van der Waals surface area contributed by atoms with Crippen LogP contribution in [0, 0.1) is 34.5 Å². The number of fused-ring (bicyclic) bond motifs is 5. The van der Waals surface area contributed by atoms with Crippen LogP contribution < -0.4 is 0 Å². The van der Waals surface area contributed by atoms with Gasteiger partial charge in [0.1, 0.15) is 0 Å². The van der Waals surface area contributed by atoms with Crippen molar-refractivity contribution in [1.29, 1.82) is 0 Å². The quantitative estimate of drug-likeness (QED) is 0.345. The van der Waals surface area contributed by atoms with Gasteiger partial charge in [-0.1, -0.05) is 55.7 Å². The number of hydrogen-bond acceptors (Lipinski definition) is 4. The van der Waals surface area contributed by atoms with E-state index in [1.54, 1.807) is 5.57 Å². The van der Waals surface area contributed by atoms with Crippen molar-refractivity contribution in [3.8, 4) is 0 Å². The number of hydrogen-bond donors (Lipinski definition) is 3. The van der Waals surface area contributed by atoms with Gasteiger partial charge in [-0.3, -0.25) is 17.8 Å². The second-order valence-corrected chi connectivity index (χ2v) is 13.0. The van der Waals surface area contributed by atoms with Crippen molar-refractivity contribution in [2.75, 3.05) is 0 Å². The largest absolute Gasteiger partial charge is 0.287 e. The Balaban J connectivity index is 1.52. The fraction of sp³-hybridized carbons (Fsp3) is 0.778. The molecule has 0 aromatic heterocycles. The van der Waals surface area contributed by atoms with Gasteiger partial charge in [-0.05, 0) is 106 Å². The molecule has 3 N–H and O–H groups in total. The SMILES string of the molecule is CC(C)=CCCC(C)C1CCC2C3=CC=C4CC(OS(O)(O)O)CCC4(C)C3CCC21C. The zero-order valence-corrected chi connectivity index (χ0v) is 21.5. The van der Waals surface area contributed by atoms with E-state index >= 15 is 0 Å². The van der Waals surface area contributed by atoms with E-state index in [4.69, 9.17) is 4.18 Å². The summed E-state index contributed by atoms with van der Waals surface area (Å²) < 4.78 is 33.2. The molecule has 0 radical (unpaired) electrons. The minimum Gasteiger partial charge on any atom is -0.287 e. The van der Waals surface area contributed by atoms with Gasteiger partial charge in [-0.2, -0.15) is 0 Å². The van der Waals surface area contributed by atoms with Crippen molar-refractivity contribution in [2.24, 2.45) is 34.5 Å². The number of allylic oxidation sites excluding steroid dienone is 5. The summed E-state index contributed by atoms with van der Waals surface area (Å²) in [7, 11) is 0. The molecule has 0 aromatic carbocycles. The van der Waals surface area contributed by atoms with Crippen molar-refractivity contribution in [2.45, 2.75) is 98.5 Å². The number of rotatable bonds is 6. The lowest BCUT2D eigenvalue weighted by molar-refractivity contribution is 0.0325. The predicted molar refractivity (Wildman–Crippen MR) is 133 cm³/mol. The molecule has 4 rings (SSSR count). The van der Waals surface area contributed by atoms with Crippen LogP contribution in [0.4, 0.5) is 0 Å². The lowest BCUT2D eigenvalue weighted by Gasteiger charge is -2.55. The normalized spacial score (nSPS) is 40.4. The van der Waals surface area contributed by atoms with E-state index in [1.165, 1.54) is 49.7 Å². The Morgan fingerprint density at radius 2 is 1.84 bits per heavy atom. The molecule has 3 saturated carbocycles. The predicted octanol–water partition coefficient (Wildman–Crippen LogP) is 8.39. The van der Waals surface area contributed by atoms with Gasteiger partial charge in [0.25, 0.3) is 0 Å². The van der Waals surface area contributed by atoms with Crippen LogP contribution >= 0.6 is 11.2 Å². The molecule has 4 nitrogen and oxygen atoms in total. The smallest absolute Gasteiger partial charge is 0.216 e. The summed E-state index contributed by atoms with van der Waals surface area (Å²) in [4.78, 5) is 0. The molecule has 0 heterocycles. The molecule has 0 saturated heterocycles. The summed E-state index contributed by atoms with van der Waals surface area (Å²) in [5.74, 6) is 2.88. The van der Waals surface area contributed by atoms with Crippen LogP contribution in [0.15, 0.2) is 34.9 Å². The second kappa shape index (κ2) is 8.88. The summed E-state index contributed by atoms with van der Waals surface area (Å²) in [5, 5.41) is 0. The van der Waals surface area contributed by atoms with Crippen LogP contribution in [0.25, 0.3) is 0 Å². The zero-order chi connectivity index (χ0) is 23.3. The Kier molecular flexibility index (Phi) is 6.81. The monoisotopic (exact) mass is 464 g/mol. The van der Waals surface area contributed by atoms with Crippen LogP contribution in [0.3, 0.4) is 0 Å². The minimum atomic E-state index is -3.90. The third-order valence-electron chi connectivity index (χ3n) is 9.73. The molecule has 0 aliphatic heterocycles. The third kappa shape index (κ3) is 4.53. The van der Waals surface area contributed by atoms with E-state index in [0.29, 0.717) is 23.7 Å². The Bertz CT molecular complexity index is 805. The highest BCUT2D eigenvalue weighted by atomic mass is 32.3. The van der Waals surface area contributed by atoms with Crippen LogP contribution in [0.5, 0.6) is 0 Å². The van der Waals surface area contributed by atoms with Gasteiger partial charge in [0.2, 0.25) is 11.2 Å². The first-order valence-electron chi connectivity index (χ1n) is 12.7. The first-order valence-corrected chi connectivity index (χ1v) is 14.1. The van der Waals surface area contributed by atoms with Gasteiger partial charge in [-0.25, -0.2) is 0 Å². The standard InChI is InChI=1S/C27H44O4S/c1-18(2)7-6-8-19(3)23-11-12-24-22-10-9-20-17-21(31-32(28,29)30)13-15-26(20,4)25(22)14-16-27(23,24)5/h7,9-10,19,21,23-25,28-30H,6,8,11-17H2,1-5H3. The average Bonchev–Trinajstić information content (AvgIpc) is 3.04. The zero-order valence-electron chi connectivity index (χ0n) is 20.6. The van der Waals surface area contributed by atoms with E-state index < -0.39 is 11.2 Å². The van der Waals surface area contributed by atoms with E-state index in [9.17, 15) is 13.7 Å². The van der Waals surface area contributed by atoms with Gasteiger partial charge in [0, 0.05) is 0 Å². The molecule has 4 aliphatic rings. The van der Waals surface area contributed by atoms with Crippen LogP contribution in [0.2, 0.25) is 0 Å². The maximum absolute atomic E-state index is 9.34. The molecule has 5 heteroatoms. The van der Waals surface area contributed by atoms with Crippen LogP contribution in [-0.4, -0.2) is 19.8 Å². The molecular weight excluding hydrogens is 420 g/mol. The molecule has 0 spiro atoms. The first kappa shape index (κ1) is 24.5. The molecule has 3 fully saturated rings. The van der Waals surface area contributed by atoms with Gasteiger partial charge < -0.3 is 0 Å². The molecule has 4 aliphatic carbocycles. The molecule has 182 valence electrons. The van der Waals surface area contributed by atoms with Crippen LogP contribution in [0.1, 0.15) is 92.4 Å². The van der Waals surface area contributed by atoms with Gasteiger partial charge in [0.15, 0.2) is 0 Å². The average molecular weight is 465 g/mol. The lowest BCUT2D eigenvalue weighted by atomic mass is 9.50. The molecule has 0 bridgehead atoms. The second-order valence-electron chi connectivity index (χ2n) is 11.9. The molecule has 0 amide bonds. The third-order valence-corrected chi connectivity index (χ3v) is 10.3. The molecule has 32 heavy (non-hydrogen) atoms. The van der Waals surface area contributed by atoms with Crippen molar-refractivity contribution < 1.29 is 17.8 Å². The van der Waals surface area contributed by atoms with E-state index in [2.05, 4.69) is 52.8 Å². The maximum atomic E-state index is 9.34. The Morgan fingerprint density at radius 1 is 1.09 bits per heavy atom. The van der Waals surface area contributed by atoms with Crippen molar-refractivity contribution in [3.05, 3.63) is 34.9 Å². The summed E-state index contributed by atoms with van der Waals surface area (Å²) in [6, 6.07) is 0. The molecule has 7 atom stereocenters. The van der Waals surface area contributed by atoms with Crippen molar-refractivity contribution in [3.63, 3.8) is 0 Å². The van der Waals surface area contributed by atoms with E-state index in [1.807, 2.05) is 0 Å². The van der Waals surface area contributed by atoms with Crippen LogP contribution in [-0.2, 0) is 4.18 Å². The maximum Gasteiger partial charge on any atom is 0.216 e. The highest BCUT2D eigenvalue weighted by Gasteiger charge is 2.57. The summed E-state index contributed by atoms with van der Waals surface area (Å²) in [5.41, 5.74) is 5.04. The topological polar surface area (TPSA) is 69.9 Å². The van der Waals surface area contributed by atoms with E-state index in [0.717, 1.165) is 24.7 Å². The van der Waals surface area contributed by atoms with E-state index in [-0.39, 0.29) is 11.5 Å². The highest BCUT2D eigenvalue weighted by Crippen LogP contribution is 2.66. The molecule has 7 unspecified atom stereocenters. The van der Waals surface area contributed by atoms with Gasteiger partial charge in [0.05, 0.1) is 6.10 Å². The minimum absolute atomic E-state index is 0.136.